The average Bonchev–Trinajstić information content (AvgIpc) is 2.84. The molecule has 0 bridgehead atoms. The Morgan fingerprint density at radius 3 is 2.74 bits per heavy atom. The number of nitrogens with one attached hydrogen (secondary N) is 1. The Morgan fingerprint density at radius 1 is 1.26 bits per heavy atom. The fraction of sp³-hybridized carbons (Fsp3) is 0.400. The third-order valence-electron chi connectivity index (χ3n) is 3.53. The summed E-state index contributed by atoms with van der Waals surface area (Å²) in [4.78, 5) is 17.7. The predicted molar refractivity (Wildman–Crippen MR) is 74.2 cm³/mol. The first-order chi connectivity index (χ1) is 9.15. The van der Waals surface area contributed by atoms with Crippen LogP contribution >= 0.6 is 0 Å². The number of carbonyl (C=O) groups is 1. The summed E-state index contributed by atoms with van der Waals surface area (Å²) in [5.74, 6) is 0.0900. The number of rotatable bonds is 1. The standard InChI is InChI=1S/C15H18N2O2/c1-10-8-17(9-11(2)19-10)15(18)13-4-3-5-14-12(13)6-7-16-14/h3-7,10-11,16H,8-9H2,1-2H3/t10-,11+. The van der Waals surface area contributed by atoms with Gasteiger partial charge in [0.1, 0.15) is 0 Å². The Hall–Kier alpha value is -1.81. The van der Waals surface area contributed by atoms with Crippen molar-refractivity contribution in [3.63, 3.8) is 0 Å². The monoisotopic (exact) mass is 258 g/mol. The molecule has 0 unspecified atom stereocenters. The van der Waals surface area contributed by atoms with Crippen molar-refractivity contribution in [2.45, 2.75) is 26.1 Å². The number of nitrogens with zero attached hydrogens (tertiary/aromatic N) is 1. The molecule has 1 N–H and O–H groups in total. The van der Waals surface area contributed by atoms with Crippen molar-refractivity contribution in [1.29, 1.82) is 0 Å². The number of hydrogen-bond acceptors (Lipinski definition) is 2. The van der Waals surface area contributed by atoms with Crippen LogP contribution in [0.3, 0.4) is 0 Å². The van der Waals surface area contributed by atoms with E-state index in [4.69, 9.17) is 4.74 Å². The Morgan fingerprint density at radius 2 is 2.00 bits per heavy atom. The topological polar surface area (TPSA) is 45.3 Å². The Bertz CT molecular complexity index is 595. The molecule has 4 nitrogen and oxygen atoms in total. The molecule has 0 spiro atoms. The summed E-state index contributed by atoms with van der Waals surface area (Å²) < 4.78 is 5.67. The minimum atomic E-state index is 0.0900. The molecule has 1 amide bonds. The normalized spacial score (nSPS) is 23.8. The molecule has 0 saturated carbocycles. The highest BCUT2D eigenvalue weighted by Gasteiger charge is 2.27. The van der Waals surface area contributed by atoms with Crippen molar-refractivity contribution >= 4 is 16.8 Å². The molecular formula is C15H18N2O2. The first-order valence-corrected chi connectivity index (χ1v) is 6.66. The third-order valence-corrected chi connectivity index (χ3v) is 3.53. The lowest BCUT2D eigenvalue weighted by Crippen LogP contribution is -2.48. The highest BCUT2D eigenvalue weighted by molar-refractivity contribution is 6.06. The van der Waals surface area contributed by atoms with Gasteiger partial charge in [-0.2, -0.15) is 0 Å². The molecule has 1 aromatic carbocycles. The van der Waals surface area contributed by atoms with Gasteiger partial charge >= 0.3 is 0 Å². The molecule has 1 aromatic heterocycles. The van der Waals surface area contributed by atoms with Crippen LogP contribution in [0, 0.1) is 0 Å². The largest absolute Gasteiger partial charge is 0.372 e. The average molecular weight is 258 g/mol. The quantitative estimate of drug-likeness (QED) is 0.853. The number of ether oxygens (including phenoxy) is 1. The third kappa shape index (κ3) is 2.24. The second-order valence-corrected chi connectivity index (χ2v) is 5.21. The van der Waals surface area contributed by atoms with Gasteiger partial charge in [-0.15, -0.1) is 0 Å². The number of aromatic nitrogens is 1. The summed E-state index contributed by atoms with van der Waals surface area (Å²) in [5, 5.41) is 0.985. The number of carbonyl (C=O) groups excluding carboxylic acids is 1. The number of amides is 1. The van der Waals surface area contributed by atoms with Crippen LogP contribution in [-0.4, -0.2) is 41.1 Å². The summed E-state index contributed by atoms with van der Waals surface area (Å²) in [6.07, 6.45) is 2.06. The van der Waals surface area contributed by atoms with E-state index in [9.17, 15) is 4.79 Å². The van der Waals surface area contributed by atoms with Gasteiger partial charge in [-0.1, -0.05) is 6.07 Å². The van der Waals surface area contributed by atoms with Crippen molar-refractivity contribution in [3.8, 4) is 0 Å². The SMILES string of the molecule is C[C@@H]1CN(C(=O)c2cccc3[nH]ccc23)C[C@H](C)O1. The molecule has 2 heterocycles. The van der Waals surface area contributed by atoms with Gasteiger partial charge in [0, 0.05) is 35.8 Å². The zero-order valence-electron chi connectivity index (χ0n) is 11.2. The minimum Gasteiger partial charge on any atom is -0.372 e. The van der Waals surface area contributed by atoms with Crippen molar-refractivity contribution in [2.24, 2.45) is 0 Å². The van der Waals surface area contributed by atoms with Crippen LogP contribution in [0.2, 0.25) is 0 Å². The van der Waals surface area contributed by atoms with Crippen LogP contribution in [-0.2, 0) is 4.74 Å². The molecule has 100 valence electrons. The number of fused-ring (bicyclic) bond motifs is 1. The van der Waals surface area contributed by atoms with Gasteiger partial charge in [-0.05, 0) is 32.0 Å². The predicted octanol–water partition coefficient (Wildman–Crippen LogP) is 2.42. The van der Waals surface area contributed by atoms with Crippen molar-refractivity contribution < 1.29 is 9.53 Å². The van der Waals surface area contributed by atoms with Gasteiger partial charge in [0.05, 0.1) is 12.2 Å². The summed E-state index contributed by atoms with van der Waals surface area (Å²) >= 11 is 0. The van der Waals surface area contributed by atoms with Crippen molar-refractivity contribution in [1.82, 2.24) is 9.88 Å². The first kappa shape index (κ1) is 12.2. The molecule has 1 saturated heterocycles. The molecule has 0 radical (unpaired) electrons. The highest BCUT2D eigenvalue weighted by Crippen LogP contribution is 2.21. The van der Waals surface area contributed by atoms with E-state index in [1.54, 1.807) is 0 Å². The Kier molecular flexibility index (Phi) is 3.03. The Labute approximate surface area is 112 Å². The van der Waals surface area contributed by atoms with E-state index >= 15 is 0 Å². The molecule has 0 aliphatic carbocycles. The smallest absolute Gasteiger partial charge is 0.254 e. The van der Waals surface area contributed by atoms with Crippen molar-refractivity contribution in [2.75, 3.05) is 13.1 Å². The fourth-order valence-electron chi connectivity index (χ4n) is 2.79. The zero-order valence-corrected chi connectivity index (χ0v) is 11.2. The zero-order chi connectivity index (χ0) is 13.4. The second kappa shape index (κ2) is 4.70. The van der Waals surface area contributed by atoms with E-state index in [1.807, 2.05) is 49.2 Å². The van der Waals surface area contributed by atoms with Crippen LogP contribution in [0.1, 0.15) is 24.2 Å². The van der Waals surface area contributed by atoms with Crippen LogP contribution in [0.4, 0.5) is 0 Å². The van der Waals surface area contributed by atoms with Crippen LogP contribution in [0.15, 0.2) is 30.5 Å². The van der Waals surface area contributed by atoms with Crippen molar-refractivity contribution in [3.05, 3.63) is 36.0 Å². The molecule has 3 rings (SSSR count). The number of H-pyrrole nitrogens is 1. The lowest BCUT2D eigenvalue weighted by atomic mass is 10.1. The highest BCUT2D eigenvalue weighted by atomic mass is 16.5. The van der Waals surface area contributed by atoms with Gasteiger partial charge in [-0.3, -0.25) is 4.79 Å². The molecular weight excluding hydrogens is 240 g/mol. The van der Waals surface area contributed by atoms with E-state index in [1.165, 1.54) is 0 Å². The number of aromatic amines is 1. The number of morpholine rings is 1. The minimum absolute atomic E-state index is 0.0900. The lowest BCUT2D eigenvalue weighted by Gasteiger charge is -2.35. The maximum Gasteiger partial charge on any atom is 0.254 e. The van der Waals surface area contributed by atoms with Gasteiger partial charge < -0.3 is 14.6 Å². The van der Waals surface area contributed by atoms with Gasteiger partial charge in [0.25, 0.3) is 5.91 Å². The van der Waals surface area contributed by atoms with E-state index in [0.29, 0.717) is 13.1 Å². The number of hydrogen-bond donors (Lipinski definition) is 1. The Balaban J connectivity index is 1.93. The first-order valence-electron chi connectivity index (χ1n) is 6.66. The molecule has 2 aromatic rings. The van der Waals surface area contributed by atoms with Crippen LogP contribution in [0.25, 0.3) is 10.9 Å². The molecule has 2 atom stereocenters. The van der Waals surface area contributed by atoms with Crippen LogP contribution < -0.4 is 0 Å². The number of benzene rings is 1. The molecule has 19 heavy (non-hydrogen) atoms. The molecule has 4 heteroatoms. The van der Waals surface area contributed by atoms with E-state index in [2.05, 4.69) is 4.98 Å². The summed E-state index contributed by atoms with van der Waals surface area (Å²) in [6, 6.07) is 7.75. The van der Waals surface area contributed by atoms with Gasteiger partial charge in [0.15, 0.2) is 0 Å². The molecule has 1 fully saturated rings. The van der Waals surface area contributed by atoms with Gasteiger partial charge in [-0.25, -0.2) is 0 Å². The second-order valence-electron chi connectivity index (χ2n) is 5.21. The lowest BCUT2D eigenvalue weighted by molar-refractivity contribution is -0.0585. The van der Waals surface area contributed by atoms with Crippen LogP contribution in [0.5, 0.6) is 0 Å². The summed E-state index contributed by atoms with van der Waals surface area (Å²) in [7, 11) is 0. The maximum atomic E-state index is 12.7. The summed E-state index contributed by atoms with van der Waals surface area (Å²) in [5.41, 5.74) is 1.76. The summed E-state index contributed by atoms with van der Waals surface area (Å²) in [6.45, 7) is 5.33. The fourth-order valence-corrected chi connectivity index (χ4v) is 2.79. The van der Waals surface area contributed by atoms with E-state index in [0.717, 1.165) is 16.5 Å². The van der Waals surface area contributed by atoms with E-state index in [-0.39, 0.29) is 18.1 Å². The molecule has 1 aliphatic heterocycles. The maximum absolute atomic E-state index is 12.7. The molecule has 1 aliphatic rings. The van der Waals surface area contributed by atoms with Gasteiger partial charge in [0.2, 0.25) is 0 Å². The van der Waals surface area contributed by atoms with E-state index < -0.39 is 0 Å².